The van der Waals surface area contributed by atoms with E-state index in [1.54, 1.807) is 0 Å². The summed E-state index contributed by atoms with van der Waals surface area (Å²) in [7, 11) is 0. The number of hydrogen-bond donors (Lipinski definition) is 2. The molecule has 15 heavy (non-hydrogen) atoms. The first-order valence-electron chi connectivity index (χ1n) is 5.32. The molecule has 0 heterocycles. The van der Waals surface area contributed by atoms with Crippen LogP contribution in [0.1, 0.15) is 33.6 Å². The van der Waals surface area contributed by atoms with E-state index in [-0.39, 0.29) is 6.04 Å². The van der Waals surface area contributed by atoms with Gasteiger partial charge in [-0.1, -0.05) is 20.3 Å². The average Bonchev–Trinajstić information content (AvgIpc) is 2.10. The van der Waals surface area contributed by atoms with Gasteiger partial charge in [0.15, 0.2) is 0 Å². The van der Waals surface area contributed by atoms with E-state index in [1.807, 2.05) is 13.8 Å². The Morgan fingerprint density at radius 1 is 1.27 bits per heavy atom. The normalized spacial score (nSPS) is 18.6. The third-order valence-corrected chi connectivity index (χ3v) is 2.61. The first-order chi connectivity index (χ1) is 6.76. The minimum absolute atomic E-state index is 0.0781. The minimum atomic E-state index is -4.10. The Labute approximate surface area is 89.4 Å². The zero-order valence-electron chi connectivity index (χ0n) is 9.56. The third kappa shape index (κ3) is 7.62. The molecule has 92 valence electrons. The van der Waals surface area contributed by atoms with Crippen molar-refractivity contribution in [3.63, 3.8) is 0 Å². The van der Waals surface area contributed by atoms with E-state index < -0.39 is 18.6 Å². The van der Waals surface area contributed by atoms with Crippen LogP contribution in [0.15, 0.2) is 0 Å². The van der Waals surface area contributed by atoms with Gasteiger partial charge in [0.25, 0.3) is 0 Å². The molecule has 0 aliphatic carbocycles. The topological polar surface area (TPSA) is 38.0 Å². The Morgan fingerprint density at radius 2 is 1.80 bits per heavy atom. The van der Waals surface area contributed by atoms with E-state index in [9.17, 15) is 13.2 Å². The monoisotopic (exact) mass is 226 g/mol. The lowest BCUT2D eigenvalue weighted by atomic mass is 10.00. The lowest BCUT2D eigenvalue weighted by molar-refractivity contribution is -0.139. The van der Waals surface area contributed by atoms with Crippen LogP contribution in [0.4, 0.5) is 13.2 Å². The minimum Gasteiger partial charge on any atom is -0.326 e. The van der Waals surface area contributed by atoms with Gasteiger partial charge in [0, 0.05) is 18.6 Å². The highest BCUT2D eigenvalue weighted by Gasteiger charge is 2.29. The maximum atomic E-state index is 12.0. The molecule has 0 aliphatic rings. The molecule has 0 bridgehead atoms. The summed E-state index contributed by atoms with van der Waals surface area (Å²) in [6, 6.07) is -0.647. The van der Waals surface area contributed by atoms with Crippen LogP contribution < -0.4 is 11.1 Å². The molecular weight excluding hydrogens is 205 g/mol. The van der Waals surface area contributed by atoms with Crippen molar-refractivity contribution in [2.75, 3.05) is 6.54 Å². The van der Waals surface area contributed by atoms with Gasteiger partial charge < -0.3 is 11.1 Å². The van der Waals surface area contributed by atoms with Gasteiger partial charge in [-0.25, -0.2) is 0 Å². The van der Waals surface area contributed by atoms with Crippen LogP contribution in [0, 0.1) is 5.92 Å². The van der Waals surface area contributed by atoms with Gasteiger partial charge in [-0.05, 0) is 12.8 Å². The van der Waals surface area contributed by atoms with Crippen LogP contribution in [-0.2, 0) is 0 Å². The van der Waals surface area contributed by atoms with Crippen molar-refractivity contribution in [1.82, 2.24) is 5.32 Å². The van der Waals surface area contributed by atoms with Crippen molar-refractivity contribution in [2.45, 2.75) is 51.9 Å². The fraction of sp³-hybridized carbons (Fsp3) is 1.00. The van der Waals surface area contributed by atoms with Crippen LogP contribution in [0.5, 0.6) is 0 Å². The molecule has 0 saturated heterocycles. The van der Waals surface area contributed by atoms with Crippen LogP contribution in [0.2, 0.25) is 0 Å². The van der Waals surface area contributed by atoms with Gasteiger partial charge in [-0.3, -0.25) is 0 Å². The van der Waals surface area contributed by atoms with Crippen molar-refractivity contribution in [1.29, 1.82) is 0 Å². The number of nitrogens with two attached hydrogens (primary N) is 1. The predicted octanol–water partition coefficient (Wildman–Crippen LogP) is 2.29. The third-order valence-electron chi connectivity index (χ3n) is 2.61. The van der Waals surface area contributed by atoms with Gasteiger partial charge >= 0.3 is 6.18 Å². The first kappa shape index (κ1) is 14.7. The van der Waals surface area contributed by atoms with Crippen molar-refractivity contribution in [3.05, 3.63) is 0 Å². The number of hydrogen-bond acceptors (Lipinski definition) is 2. The summed E-state index contributed by atoms with van der Waals surface area (Å²) < 4.78 is 36.0. The summed E-state index contributed by atoms with van der Waals surface area (Å²) in [5.41, 5.74) is 5.80. The molecule has 0 amide bonds. The Kier molecular flexibility index (Phi) is 6.20. The summed E-state index contributed by atoms with van der Waals surface area (Å²) in [6.45, 7) is 5.98. The Morgan fingerprint density at radius 3 is 2.20 bits per heavy atom. The second-order valence-electron chi connectivity index (χ2n) is 4.18. The van der Waals surface area contributed by atoms with Gasteiger partial charge in [0.2, 0.25) is 0 Å². The van der Waals surface area contributed by atoms with Crippen LogP contribution in [-0.4, -0.2) is 24.8 Å². The highest BCUT2D eigenvalue weighted by atomic mass is 19.4. The largest absolute Gasteiger partial charge is 0.390 e. The van der Waals surface area contributed by atoms with E-state index >= 15 is 0 Å². The maximum absolute atomic E-state index is 12.0. The number of nitrogens with one attached hydrogen (secondary N) is 1. The quantitative estimate of drug-likeness (QED) is 0.729. The number of rotatable bonds is 6. The van der Waals surface area contributed by atoms with Gasteiger partial charge in [-0.15, -0.1) is 0 Å². The zero-order valence-corrected chi connectivity index (χ0v) is 9.56. The standard InChI is InChI=1S/C10H21F3N2/c1-4-7(2)9(14)6-15-8(3)5-10(11,12)13/h7-9,15H,4-6,14H2,1-3H3. The lowest BCUT2D eigenvalue weighted by Gasteiger charge is -2.22. The number of halogens is 3. The molecule has 2 nitrogen and oxygen atoms in total. The second-order valence-corrected chi connectivity index (χ2v) is 4.18. The Bertz CT molecular complexity index is 171. The summed E-state index contributed by atoms with van der Waals surface area (Å²) in [5, 5.41) is 2.81. The molecule has 5 heteroatoms. The molecule has 3 N–H and O–H groups in total. The molecule has 3 unspecified atom stereocenters. The van der Waals surface area contributed by atoms with Crippen molar-refractivity contribution in [2.24, 2.45) is 11.7 Å². The van der Waals surface area contributed by atoms with Crippen molar-refractivity contribution in [3.8, 4) is 0 Å². The molecule has 0 radical (unpaired) electrons. The molecule has 0 saturated carbocycles. The fourth-order valence-electron chi connectivity index (χ4n) is 1.26. The fourth-order valence-corrected chi connectivity index (χ4v) is 1.26. The molecule has 0 spiro atoms. The molecule has 0 aliphatic heterocycles. The molecule has 0 aromatic heterocycles. The maximum Gasteiger partial charge on any atom is 0.390 e. The summed E-state index contributed by atoms with van der Waals surface area (Å²) >= 11 is 0. The van der Waals surface area contributed by atoms with Crippen molar-refractivity contribution < 1.29 is 13.2 Å². The van der Waals surface area contributed by atoms with E-state index in [1.165, 1.54) is 6.92 Å². The van der Waals surface area contributed by atoms with Crippen LogP contribution in [0.3, 0.4) is 0 Å². The summed E-state index contributed by atoms with van der Waals surface area (Å²) in [5.74, 6) is 0.329. The van der Waals surface area contributed by atoms with Crippen molar-refractivity contribution >= 4 is 0 Å². The summed E-state index contributed by atoms with van der Waals surface area (Å²) in [4.78, 5) is 0. The molecule has 0 rings (SSSR count). The molecule has 0 aromatic rings. The van der Waals surface area contributed by atoms with Crippen LogP contribution >= 0.6 is 0 Å². The molecule has 3 atom stereocenters. The van der Waals surface area contributed by atoms with E-state index in [2.05, 4.69) is 5.32 Å². The zero-order chi connectivity index (χ0) is 12.1. The predicted molar refractivity (Wildman–Crippen MR) is 55.6 cm³/mol. The highest BCUT2D eigenvalue weighted by Crippen LogP contribution is 2.21. The van der Waals surface area contributed by atoms with Crippen LogP contribution in [0.25, 0.3) is 0 Å². The average molecular weight is 226 g/mol. The molecule has 0 aromatic carbocycles. The lowest BCUT2D eigenvalue weighted by Crippen LogP contribution is -2.43. The molecular formula is C10H21F3N2. The number of alkyl halides is 3. The second kappa shape index (κ2) is 6.33. The smallest absolute Gasteiger partial charge is 0.326 e. The Balaban J connectivity index is 3.76. The Hall–Kier alpha value is -0.290. The van der Waals surface area contributed by atoms with Gasteiger partial charge in [0.05, 0.1) is 6.42 Å². The van der Waals surface area contributed by atoms with E-state index in [0.717, 1.165) is 6.42 Å². The SMILES string of the molecule is CCC(C)C(N)CNC(C)CC(F)(F)F. The molecule has 0 fully saturated rings. The first-order valence-corrected chi connectivity index (χ1v) is 5.32. The van der Waals surface area contributed by atoms with Gasteiger partial charge in [0.1, 0.15) is 0 Å². The summed E-state index contributed by atoms with van der Waals surface area (Å²) in [6.07, 6.45) is -3.97. The van der Waals surface area contributed by atoms with E-state index in [4.69, 9.17) is 5.73 Å². The highest BCUT2D eigenvalue weighted by molar-refractivity contribution is 4.74. The van der Waals surface area contributed by atoms with Gasteiger partial charge in [-0.2, -0.15) is 13.2 Å². The van der Waals surface area contributed by atoms with E-state index in [0.29, 0.717) is 12.5 Å².